The Morgan fingerprint density at radius 3 is 2.26 bits per heavy atom. The molecule has 0 atom stereocenters. The molecule has 0 unspecified atom stereocenters. The van der Waals surface area contributed by atoms with Gasteiger partial charge in [0.05, 0.1) is 19.3 Å². The Bertz CT molecular complexity index is 725. The van der Waals surface area contributed by atoms with Crippen LogP contribution in [0.4, 0.5) is 0 Å². The standard InChI is InChI=1S/C21H25NO5/c1-3-4-13-26-21(24)17-7-11-19(12-8-17)27-15-20(23)22-14-16-5-9-18(25-2)10-6-16/h5-12H,3-4,13-15H2,1-2H3,(H,22,23). The van der Waals surface area contributed by atoms with Gasteiger partial charge in [0.15, 0.2) is 6.61 Å². The van der Waals surface area contributed by atoms with E-state index in [1.54, 1.807) is 31.4 Å². The molecular weight excluding hydrogens is 346 g/mol. The minimum absolute atomic E-state index is 0.101. The summed E-state index contributed by atoms with van der Waals surface area (Å²) in [4.78, 5) is 23.7. The second-order valence-corrected chi connectivity index (χ2v) is 5.93. The Morgan fingerprint density at radius 2 is 1.63 bits per heavy atom. The highest BCUT2D eigenvalue weighted by Crippen LogP contribution is 2.13. The zero-order valence-electron chi connectivity index (χ0n) is 15.7. The summed E-state index contributed by atoms with van der Waals surface area (Å²) in [7, 11) is 1.61. The number of carbonyl (C=O) groups excluding carboxylic acids is 2. The van der Waals surface area contributed by atoms with E-state index in [-0.39, 0.29) is 18.5 Å². The van der Waals surface area contributed by atoms with Gasteiger partial charge in [-0.2, -0.15) is 0 Å². The van der Waals surface area contributed by atoms with E-state index < -0.39 is 0 Å². The fourth-order valence-electron chi connectivity index (χ4n) is 2.22. The SMILES string of the molecule is CCCCOC(=O)c1ccc(OCC(=O)NCc2ccc(OC)cc2)cc1. The Kier molecular flexibility index (Phi) is 8.16. The molecule has 0 saturated heterocycles. The van der Waals surface area contributed by atoms with Gasteiger partial charge in [-0.3, -0.25) is 4.79 Å². The number of nitrogens with one attached hydrogen (secondary N) is 1. The molecule has 0 aromatic heterocycles. The van der Waals surface area contributed by atoms with Crippen molar-refractivity contribution in [3.05, 3.63) is 59.7 Å². The molecule has 0 saturated carbocycles. The van der Waals surface area contributed by atoms with E-state index in [1.165, 1.54) is 0 Å². The summed E-state index contributed by atoms with van der Waals surface area (Å²) in [5.74, 6) is 0.701. The fourth-order valence-corrected chi connectivity index (χ4v) is 2.22. The molecule has 27 heavy (non-hydrogen) atoms. The summed E-state index contributed by atoms with van der Waals surface area (Å²) in [6.07, 6.45) is 1.82. The first kappa shape index (κ1) is 20.3. The largest absolute Gasteiger partial charge is 0.497 e. The number of benzene rings is 2. The van der Waals surface area contributed by atoms with Crippen LogP contribution in [0.2, 0.25) is 0 Å². The summed E-state index contributed by atoms with van der Waals surface area (Å²) in [6.45, 7) is 2.76. The molecule has 0 aliphatic rings. The lowest BCUT2D eigenvalue weighted by atomic mass is 10.2. The lowest BCUT2D eigenvalue weighted by Crippen LogP contribution is -2.28. The first-order chi connectivity index (χ1) is 13.1. The van der Waals surface area contributed by atoms with E-state index in [1.807, 2.05) is 31.2 Å². The molecule has 0 fully saturated rings. The van der Waals surface area contributed by atoms with Gasteiger partial charge in [-0.05, 0) is 48.4 Å². The van der Waals surface area contributed by atoms with Gasteiger partial charge in [0.25, 0.3) is 5.91 Å². The quantitative estimate of drug-likeness (QED) is 0.512. The Morgan fingerprint density at radius 1 is 0.963 bits per heavy atom. The summed E-state index contributed by atoms with van der Waals surface area (Å²) in [6, 6.07) is 14.0. The Labute approximate surface area is 159 Å². The number of esters is 1. The molecule has 0 heterocycles. The molecule has 2 aromatic carbocycles. The van der Waals surface area contributed by atoms with E-state index in [4.69, 9.17) is 14.2 Å². The summed E-state index contributed by atoms with van der Waals surface area (Å²) in [5.41, 5.74) is 1.43. The first-order valence-electron chi connectivity index (χ1n) is 8.92. The van der Waals surface area contributed by atoms with Gasteiger partial charge in [-0.15, -0.1) is 0 Å². The monoisotopic (exact) mass is 371 g/mol. The number of rotatable bonds is 10. The van der Waals surface area contributed by atoms with Crippen LogP contribution in [0.25, 0.3) is 0 Å². The number of unbranched alkanes of at least 4 members (excludes halogenated alkanes) is 1. The average molecular weight is 371 g/mol. The first-order valence-corrected chi connectivity index (χ1v) is 8.92. The molecule has 1 amide bonds. The van der Waals surface area contributed by atoms with Crippen molar-refractivity contribution in [3.63, 3.8) is 0 Å². The molecule has 144 valence electrons. The molecule has 2 aromatic rings. The lowest BCUT2D eigenvalue weighted by molar-refractivity contribution is -0.123. The van der Waals surface area contributed by atoms with Gasteiger partial charge in [-0.25, -0.2) is 4.79 Å². The Hall–Kier alpha value is -3.02. The van der Waals surface area contributed by atoms with Crippen molar-refractivity contribution in [2.24, 2.45) is 0 Å². The Balaban J connectivity index is 1.73. The number of carbonyl (C=O) groups is 2. The number of amides is 1. The molecule has 6 nitrogen and oxygen atoms in total. The van der Waals surface area contributed by atoms with Crippen molar-refractivity contribution in [1.29, 1.82) is 0 Å². The van der Waals surface area contributed by atoms with Gasteiger partial charge in [0.1, 0.15) is 11.5 Å². The number of hydrogen-bond acceptors (Lipinski definition) is 5. The van der Waals surface area contributed by atoms with Crippen molar-refractivity contribution < 1.29 is 23.8 Å². The highest BCUT2D eigenvalue weighted by Gasteiger charge is 2.08. The lowest BCUT2D eigenvalue weighted by Gasteiger charge is -2.09. The summed E-state index contributed by atoms with van der Waals surface area (Å²) in [5, 5.41) is 2.79. The maximum absolute atomic E-state index is 11.9. The van der Waals surface area contributed by atoms with Crippen LogP contribution in [-0.4, -0.2) is 32.2 Å². The summed E-state index contributed by atoms with van der Waals surface area (Å²) < 4.78 is 15.7. The van der Waals surface area contributed by atoms with Crippen molar-refractivity contribution in [2.75, 3.05) is 20.3 Å². The van der Waals surface area contributed by atoms with Crippen LogP contribution in [0.15, 0.2) is 48.5 Å². The molecule has 0 aliphatic heterocycles. The van der Waals surface area contributed by atoms with Crippen molar-refractivity contribution >= 4 is 11.9 Å². The van der Waals surface area contributed by atoms with Crippen LogP contribution in [-0.2, 0) is 16.1 Å². The maximum Gasteiger partial charge on any atom is 0.338 e. The van der Waals surface area contributed by atoms with Crippen LogP contribution in [0.3, 0.4) is 0 Å². The van der Waals surface area contributed by atoms with E-state index in [9.17, 15) is 9.59 Å². The fraction of sp³-hybridized carbons (Fsp3) is 0.333. The second kappa shape index (κ2) is 10.9. The third kappa shape index (κ3) is 7.01. The molecule has 2 rings (SSSR count). The predicted octanol–water partition coefficient (Wildman–Crippen LogP) is 3.35. The molecule has 0 aliphatic carbocycles. The van der Waals surface area contributed by atoms with Gasteiger partial charge in [0, 0.05) is 6.54 Å². The predicted molar refractivity (Wildman–Crippen MR) is 102 cm³/mol. The maximum atomic E-state index is 11.9. The third-order valence-electron chi connectivity index (χ3n) is 3.84. The zero-order valence-corrected chi connectivity index (χ0v) is 15.7. The van der Waals surface area contributed by atoms with Gasteiger partial charge >= 0.3 is 5.97 Å². The molecule has 1 N–H and O–H groups in total. The molecule has 6 heteroatoms. The van der Waals surface area contributed by atoms with Crippen LogP contribution in [0, 0.1) is 0 Å². The van der Waals surface area contributed by atoms with Crippen LogP contribution in [0.1, 0.15) is 35.7 Å². The third-order valence-corrected chi connectivity index (χ3v) is 3.84. The van der Waals surface area contributed by atoms with Crippen LogP contribution < -0.4 is 14.8 Å². The van der Waals surface area contributed by atoms with E-state index in [0.29, 0.717) is 24.5 Å². The van der Waals surface area contributed by atoms with Gasteiger partial charge in [0.2, 0.25) is 0 Å². The van der Waals surface area contributed by atoms with E-state index in [0.717, 1.165) is 24.2 Å². The number of hydrogen-bond donors (Lipinski definition) is 1. The average Bonchev–Trinajstić information content (AvgIpc) is 2.71. The van der Waals surface area contributed by atoms with E-state index in [2.05, 4.69) is 5.32 Å². The number of methoxy groups -OCH3 is 1. The van der Waals surface area contributed by atoms with E-state index >= 15 is 0 Å². The highest BCUT2D eigenvalue weighted by atomic mass is 16.5. The zero-order chi connectivity index (χ0) is 19.5. The normalized spacial score (nSPS) is 10.1. The minimum atomic E-state index is -0.354. The second-order valence-electron chi connectivity index (χ2n) is 5.93. The van der Waals surface area contributed by atoms with Crippen molar-refractivity contribution in [1.82, 2.24) is 5.32 Å². The summed E-state index contributed by atoms with van der Waals surface area (Å²) >= 11 is 0. The smallest absolute Gasteiger partial charge is 0.338 e. The topological polar surface area (TPSA) is 73.9 Å². The molecule has 0 radical (unpaired) electrons. The highest BCUT2D eigenvalue weighted by molar-refractivity contribution is 5.89. The van der Waals surface area contributed by atoms with Crippen molar-refractivity contribution in [2.45, 2.75) is 26.3 Å². The van der Waals surface area contributed by atoms with Gasteiger partial charge < -0.3 is 19.5 Å². The van der Waals surface area contributed by atoms with Crippen molar-refractivity contribution in [3.8, 4) is 11.5 Å². The molecule has 0 spiro atoms. The molecular formula is C21H25NO5. The van der Waals surface area contributed by atoms with Crippen LogP contribution in [0.5, 0.6) is 11.5 Å². The molecule has 0 bridgehead atoms. The number of ether oxygens (including phenoxy) is 3. The minimum Gasteiger partial charge on any atom is -0.497 e. The van der Waals surface area contributed by atoms with Gasteiger partial charge in [-0.1, -0.05) is 25.5 Å². The van der Waals surface area contributed by atoms with Crippen LogP contribution >= 0.6 is 0 Å².